The van der Waals surface area contributed by atoms with E-state index in [-0.39, 0.29) is 12.1 Å². The highest BCUT2D eigenvalue weighted by Crippen LogP contribution is 2.38. The molecule has 6 nitrogen and oxygen atoms in total. The molecule has 1 aliphatic heterocycles. The van der Waals surface area contributed by atoms with Crippen molar-refractivity contribution in [1.82, 2.24) is 10.6 Å². The molecule has 1 saturated heterocycles. The van der Waals surface area contributed by atoms with Crippen molar-refractivity contribution in [3.63, 3.8) is 0 Å². The minimum atomic E-state index is -1.01. The van der Waals surface area contributed by atoms with Gasteiger partial charge >= 0.3 is 12.0 Å². The van der Waals surface area contributed by atoms with Crippen LogP contribution in [0.3, 0.4) is 0 Å². The molecule has 1 aliphatic carbocycles. The van der Waals surface area contributed by atoms with Gasteiger partial charge in [-0.05, 0) is 31.6 Å². The molecule has 3 atom stereocenters. The Morgan fingerprint density at radius 1 is 1.39 bits per heavy atom. The smallest absolute Gasteiger partial charge is 0.326 e. The minimum absolute atomic E-state index is 0.0174. The Balaban J connectivity index is 1.81. The van der Waals surface area contributed by atoms with Gasteiger partial charge in [0.1, 0.15) is 6.04 Å². The van der Waals surface area contributed by atoms with Gasteiger partial charge in [0, 0.05) is 6.61 Å². The quantitative estimate of drug-likeness (QED) is 0.676. The number of carboxylic acid groups (broad SMARTS) is 1. The Labute approximate surface area is 106 Å². The predicted molar refractivity (Wildman–Crippen MR) is 64.3 cm³/mol. The first-order valence-electron chi connectivity index (χ1n) is 6.53. The van der Waals surface area contributed by atoms with Gasteiger partial charge in [0.15, 0.2) is 0 Å². The van der Waals surface area contributed by atoms with E-state index >= 15 is 0 Å². The van der Waals surface area contributed by atoms with Crippen LogP contribution in [0.1, 0.15) is 32.6 Å². The van der Waals surface area contributed by atoms with Crippen LogP contribution in [0.5, 0.6) is 0 Å². The summed E-state index contributed by atoms with van der Waals surface area (Å²) in [7, 11) is 0. The van der Waals surface area contributed by atoms with Gasteiger partial charge < -0.3 is 20.5 Å². The van der Waals surface area contributed by atoms with Crippen molar-refractivity contribution in [1.29, 1.82) is 0 Å². The van der Waals surface area contributed by atoms with Crippen LogP contribution in [0.25, 0.3) is 0 Å². The number of hydrogen-bond donors (Lipinski definition) is 3. The summed E-state index contributed by atoms with van der Waals surface area (Å²) in [6.45, 7) is 2.40. The first kappa shape index (κ1) is 13.1. The zero-order chi connectivity index (χ0) is 13.1. The van der Waals surface area contributed by atoms with Crippen molar-refractivity contribution in [2.45, 2.75) is 50.8 Å². The fourth-order valence-corrected chi connectivity index (χ4v) is 2.36. The molecule has 2 amide bonds. The zero-order valence-electron chi connectivity index (χ0n) is 10.5. The summed E-state index contributed by atoms with van der Waals surface area (Å²) in [6.07, 6.45) is 3.61. The topological polar surface area (TPSA) is 87.7 Å². The van der Waals surface area contributed by atoms with Crippen LogP contribution in [-0.4, -0.2) is 41.9 Å². The molecule has 0 aromatic heterocycles. The van der Waals surface area contributed by atoms with Gasteiger partial charge in [0.05, 0.1) is 12.1 Å². The van der Waals surface area contributed by atoms with Crippen molar-refractivity contribution in [2.24, 2.45) is 5.92 Å². The molecule has 0 bridgehead atoms. The molecule has 1 heterocycles. The SMILES string of the molecule is CC[C@@H](NC(=O)NC1CCOC1C1CC1)C(=O)O. The highest BCUT2D eigenvalue weighted by atomic mass is 16.5. The third kappa shape index (κ3) is 3.13. The normalized spacial score (nSPS) is 28.7. The highest BCUT2D eigenvalue weighted by molar-refractivity contribution is 5.82. The lowest BCUT2D eigenvalue weighted by Gasteiger charge is -2.21. The maximum absolute atomic E-state index is 11.7. The van der Waals surface area contributed by atoms with E-state index in [2.05, 4.69) is 10.6 Å². The van der Waals surface area contributed by atoms with Crippen molar-refractivity contribution in [2.75, 3.05) is 6.61 Å². The average molecular weight is 256 g/mol. The van der Waals surface area contributed by atoms with Crippen LogP contribution >= 0.6 is 0 Å². The second-order valence-corrected chi connectivity index (χ2v) is 4.98. The van der Waals surface area contributed by atoms with Gasteiger partial charge in [0.25, 0.3) is 0 Å². The predicted octanol–water partition coefficient (Wildman–Crippen LogP) is 0.716. The number of carbonyl (C=O) groups is 2. The number of carbonyl (C=O) groups excluding carboxylic acids is 1. The summed E-state index contributed by atoms with van der Waals surface area (Å²) in [5.74, 6) is -0.437. The number of carboxylic acids is 1. The number of amides is 2. The van der Waals surface area contributed by atoms with Crippen LogP contribution in [0.15, 0.2) is 0 Å². The third-order valence-corrected chi connectivity index (χ3v) is 3.55. The van der Waals surface area contributed by atoms with E-state index in [9.17, 15) is 9.59 Å². The molecule has 102 valence electrons. The molecule has 18 heavy (non-hydrogen) atoms. The van der Waals surface area contributed by atoms with Gasteiger partial charge in [-0.2, -0.15) is 0 Å². The summed E-state index contributed by atoms with van der Waals surface area (Å²) >= 11 is 0. The lowest BCUT2D eigenvalue weighted by Crippen LogP contribution is -2.51. The summed E-state index contributed by atoms with van der Waals surface area (Å²) in [5.41, 5.74) is 0. The fourth-order valence-electron chi connectivity index (χ4n) is 2.36. The van der Waals surface area contributed by atoms with E-state index in [0.29, 0.717) is 18.9 Å². The van der Waals surface area contributed by atoms with Crippen LogP contribution in [0, 0.1) is 5.92 Å². The number of hydrogen-bond acceptors (Lipinski definition) is 3. The summed E-state index contributed by atoms with van der Waals surface area (Å²) in [4.78, 5) is 22.5. The largest absolute Gasteiger partial charge is 0.480 e. The maximum Gasteiger partial charge on any atom is 0.326 e. The molecular weight excluding hydrogens is 236 g/mol. The van der Waals surface area contributed by atoms with Crippen molar-refractivity contribution < 1.29 is 19.4 Å². The zero-order valence-corrected chi connectivity index (χ0v) is 10.5. The average Bonchev–Trinajstić information content (AvgIpc) is 3.07. The molecule has 2 rings (SSSR count). The first-order chi connectivity index (χ1) is 8.61. The molecular formula is C12H20N2O4. The van der Waals surface area contributed by atoms with E-state index in [1.807, 2.05) is 0 Å². The second kappa shape index (κ2) is 5.56. The molecule has 2 aliphatic rings. The number of urea groups is 1. The summed E-state index contributed by atoms with van der Waals surface area (Å²) < 4.78 is 5.61. The number of nitrogens with one attached hydrogen (secondary N) is 2. The van der Waals surface area contributed by atoms with E-state index in [0.717, 1.165) is 19.3 Å². The number of aliphatic carboxylic acids is 1. The Morgan fingerprint density at radius 2 is 2.11 bits per heavy atom. The Kier molecular flexibility index (Phi) is 4.06. The van der Waals surface area contributed by atoms with Gasteiger partial charge in [0.2, 0.25) is 0 Å². The monoisotopic (exact) mass is 256 g/mol. The number of ether oxygens (including phenoxy) is 1. The standard InChI is InChI=1S/C12H20N2O4/c1-2-8(11(15)16)13-12(17)14-9-5-6-18-10(9)7-3-4-7/h7-10H,2-6H2,1H3,(H,15,16)(H2,13,14,17)/t8-,9?,10?/m1/s1. The van der Waals surface area contributed by atoms with Crippen molar-refractivity contribution in [3.05, 3.63) is 0 Å². The van der Waals surface area contributed by atoms with Crippen LogP contribution in [0.4, 0.5) is 4.79 Å². The molecule has 6 heteroatoms. The van der Waals surface area contributed by atoms with Crippen LogP contribution in [-0.2, 0) is 9.53 Å². The van der Waals surface area contributed by atoms with Gasteiger partial charge in [-0.15, -0.1) is 0 Å². The molecule has 0 spiro atoms. The van der Waals surface area contributed by atoms with E-state index in [4.69, 9.17) is 9.84 Å². The lowest BCUT2D eigenvalue weighted by molar-refractivity contribution is -0.139. The molecule has 0 radical (unpaired) electrons. The van der Waals surface area contributed by atoms with Crippen molar-refractivity contribution in [3.8, 4) is 0 Å². The van der Waals surface area contributed by atoms with Gasteiger partial charge in [-0.25, -0.2) is 9.59 Å². The summed E-state index contributed by atoms with van der Waals surface area (Å²) in [5, 5.41) is 14.2. The molecule has 0 aromatic rings. The minimum Gasteiger partial charge on any atom is -0.480 e. The second-order valence-electron chi connectivity index (χ2n) is 4.98. The van der Waals surface area contributed by atoms with E-state index in [1.165, 1.54) is 0 Å². The van der Waals surface area contributed by atoms with E-state index in [1.54, 1.807) is 6.92 Å². The lowest BCUT2D eigenvalue weighted by atomic mass is 10.1. The molecule has 3 N–H and O–H groups in total. The fraction of sp³-hybridized carbons (Fsp3) is 0.833. The molecule has 2 unspecified atom stereocenters. The summed E-state index contributed by atoms with van der Waals surface area (Å²) in [6, 6.07) is -1.22. The molecule has 1 saturated carbocycles. The van der Waals surface area contributed by atoms with Gasteiger partial charge in [-0.1, -0.05) is 6.92 Å². The highest BCUT2D eigenvalue weighted by Gasteiger charge is 2.41. The van der Waals surface area contributed by atoms with Gasteiger partial charge in [-0.3, -0.25) is 0 Å². The van der Waals surface area contributed by atoms with E-state index < -0.39 is 18.0 Å². The molecule has 0 aromatic carbocycles. The first-order valence-corrected chi connectivity index (χ1v) is 6.53. The maximum atomic E-state index is 11.7. The Bertz CT molecular complexity index is 330. The Morgan fingerprint density at radius 3 is 2.67 bits per heavy atom. The van der Waals surface area contributed by atoms with Crippen LogP contribution in [0.2, 0.25) is 0 Å². The van der Waals surface area contributed by atoms with Crippen LogP contribution < -0.4 is 10.6 Å². The Hall–Kier alpha value is -1.30. The molecule has 2 fully saturated rings. The third-order valence-electron chi connectivity index (χ3n) is 3.55. The number of rotatable bonds is 5. The van der Waals surface area contributed by atoms with Crippen molar-refractivity contribution >= 4 is 12.0 Å².